The summed E-state index contributed by atoms with van der Waals surface area (Å²) in [5.41, 5.74) is -0.177. The van der Waals surface area contributed by atoms with E-state index in [-0.39, 0.29) is 11.5 Å². The summed E-state index contributed by atoms with van der Waals surface area (Å²) in [7, 11) is 0. The Labute approximate surface area is 100 Å². The van der Waals surface area contributed by atoms with Crippen LogP contribution in [-0.4, -0.2) is 41.4 Å². The molecule has 0 unspecified atom stereocenters. The molecule has 0 spiro atoms. The van der Waals surface area contributed by atoms with E-state index in [1.165, 1.54) is 0 Å². The van der Waals surface area contributed by atoms with Crippen molar-refractivity contribution in [2.75, 3.05) is 25.0 Å². The number of ether oxygens (including phenoxy) is 1. The molecule has 15 heavy (non-hydrogen) atoms. The molecule has 0 bridgehead atoms. The molecule has 1 aliphatic heterocycles. The van der Waals surface area contributed by atoms with Crippen LogP contribution in [0.2, 0.25) is 0 Å². The Morgan fingerprint density at radius 1 is 1.47 bits per heavy atom. The first kappa shape index (κ1) is 13.0. The number of rotatable bonds is 4. The van der Waals surface area contributed by atoms with Crippen molar-refractivity contribution in [1.82, 2.24) is 4.90 Å². The highest BCUT2D eigenvalue weighted by Gasteiger charge is 2.29. The zero-order valence-corrected chi connectivity index (χ0v) is 11.2. The number of nitrogens with zero attached hydrogens (tertiary/aromatic N) is 1. The Bertz CT molecular complexity index is 219. The summed E-state index contributed by atoms with van der Waals surface area (Å²) in [6.45, 7) is 6.20. The lowest BCUT2D eigenvalue weighted by molar-refractivity contribution is -0.146. The van der Waals surface area contributed by atoms with Gasteiger partial charge in [-0.3, -0.25) is 4.79 Å². The maximum absolute atomic E-state index is 11.8. The zero-order valence-electron chi connectivity index (χ0n) is 9.59. The lowest BCUT2D eigenvalue weighted by Gasteiger charge is -2.38. The Balaban J connectivity index is 2.32. The molecule has 3 nitrogen and oxygen atoms in total. The molecule has 0 aromatic heterocycles. The van der Waals surface area contributed by atoms with Gasteiger partial charge in [-0.25, -0.2) is 0 Å². The number of hydrogen-bond acceptors (Lipinski definition) is 2. The van der Waals surface area contributed by atoms with Gasteiger partial charge in [0.1, 0.15) is 0 Å². The zero-order chi connectivity index (χ0) is 11.3. The Kier molecular flexibility index (Phi) is 5.06. The van der Waals surface area contributed by atoms with Crippen LogP contribution in [0.3, 0.4) is 0 Å². The number of hydrogen-bond donors (Lipinski definition) is 0. The molecule has 1 amide bonds. The van der Waals surface area contributed by atoms with Crippen LogP contribution >= 0.6 is 15.9 Å². The minimum atomic E-state index is -0.177. The van der Waals surface area contributed by atoms with Gasteiger partial charge in [0.25, 0.3) is 0 Å². The number of alkyl halides is 1. The van der Waals surface area contributed by atoms with Gasteiger partial charge in [0.2, 0.25) is 5.91 Å². The minimum absolute atomic E-state index is 0.177. The molecule has 1 saturated heterocycles. The van der Waals surface area contributed by atoms with E-state index in [4.69, 9.17) is 4.74 Å². The predicted octanol–water partition coefficient (Wildman–Crippen LogP) is 2.19. The second-order valence-electron chi connectivity index (χ2n) is 4.57. The van der Waals surface area contributed by atoms with Crippen molar-refractivity contribution >= 4 is 21.8 Å². The van der Waals surface area contributed by atoms with Crippen molar-refractivity contribution in [3.8, 4) is 0 Å². The van der Waals surface area contributed by atoms with Gasteiger partial charge in [-0.2, -0.15) is 0 Å². The number of carbonyl (C=O) groups excluding carboxylic acids is 1. The topological polar surface area (TPSA) is 29.5 Å². The summed E-state index contributed by atoms with van der Waals surface area (Å²) in [4.78, 5) is 13.7. The summed E-state index contributed by atoms with van der Waals surface area (Å²) in [6.07, 6.45) is 2.71. The van der Waals surface area contributed by atoms with E-state index in [9.17, 15) is 4.79 Å². The van der Waals surface area contributed by atoms with E-state index in [1.807, 2.05) is 18.7 Å². The molecule has 0 atom stereocenters. The molecule has 0 aromatic rings. The standard InChI is InChI=1S/C11H20BrNO2/c1-11(2)9-13(7-8-15-11)10(14)5-3-4-6-12/h3-9H2,1-2H3. The molecule has 88 valence electrons. The molecule has 1 rings (SSSR count). The van der Waals surface area contributed by atoms with Crippen LogP contribution in [-0.2, 0) is 9.53 Å². The van der Waals surface area contributed by atoms with Gasteiger partial charge < -0.3 is 9.64 Å². The molecule has 0 radical (unpaired) electrons. The van der Waals surface area contributed by atoms with E-state index in [0.29, 0.717) is 13.0 Å². The summed E-state index contributed by atoms with van der Waals surface area (Å²) in [6, 6.07) is 0. The molecule has 0 aliphatic carbocycles. The lowest BCUT2D eigenvalue weighted by atomic mass is 10.1. The maximum Gasteiger partial charge on any atom is 0.222 e. The molecular weight excluding hydrogens is 258 g/mol. The number of unbranched alkanes of at least 4 members (excludes halogenated alkanes) is 1. The van der Waals surface area contributed by atoms with Crippen LogP contribution in [0.25, 0.3) is 0 Å². The van der Waals surface area contributed by atoms with E-state index < -0.39 is 0 Å². The number of carbonyl (C=O) groups is 1. The quantitative estimate of drug-likeness (QED) is 0.583. The smallest absolute Gasteiger partial charge is 0.222 e. The van der Waals surface area contributed by atoms with Crippen molar-refractivity contribution < 1.29 is 9.53 Å². The third-order valence-electron chi connectivity index (χ3n) is 2.55. The van der Waals surface area contributed by atoms with Crippen molar-refractivity contribution in [1.29, 1.82) is 0 Å². The SMILES string of the molecule is CC1(C)CN(C(=O)CCCCBr)CCO1. The van der Waals surface area contributed by atoms with Gasteiger partial charge in [-0.15, -0.1) is 0 Å². The van der Waals surface area contributed by atoms with Crippen LogP contribution in [0.15, 0.2) is 0 Å². The Morgan fingerprint density at radius 3 is 2.80 bits per heavy atom. The average Bonchev–Trinajstić information content (AvgIpc) is 2.16. The Hall–Kier alpha value is -0.0900. The van der Waals surface area contributed by atoms with Gasteiger partial charge in [0, 0.05) is 24.8 Å². The monoisotopic (exact) mass is 277 g/mol. The van der Waals surface area contributed by atoms with Gasteiger partial charge in [0.15, 0.2) is 0 Å². The molecule has 1 aliphatic rings. The van der Waals surface area contributed by atoms with E-state index in [0.717, 1.165) is 31.3 Å². The molecule has 0 N–H and O–H groups in total. The summed E-state index contributed by atoms with van der Waals surface area (Å²) < 4.78 is 5.57. The van der Waals surface area contributed by atoms with Gasteiger partial charge in [0.05, 0.1) is 12.2 Å². The molecule has 4 heteroatoms. The number of halogens is 1. The lowest BCUT2D eigenvalue weighted by Crippen LogP contribution is -2.50. The highest BCUT2D eigenvalue weighted by atomic mass is 79.9. The van der Waals surface area contributed by atoms with Crippen LogP contribution < -0.4 is 0 Å². The van der Waals surface area contributed by atoms with E-state index in [2.05, 4.69) is 15.9 Å². The highest BCUT2D eigenvalue weighted by molar-refractivity contribution is 9.09. The van der Waals surface area contributed by atoms with Crippen molar-refractivity contribution in [2.24, 2.45) is 0 Å². The Morgan fingerprint density at radius 2 is 2.20 bits per heavy atom. The summed E-state index contributed by atoms with van der Waals surface area (Å²) >= 11 is 3.37. The summed E-state index contributed by atoms with van der Waals surface area (Å²) in [5, 5.41) is 0.981. The molecule has 1 fully saturated rings. The predicted molar refractivity (Wildman–Crippen MR) is 64.3 cm³/mol. The van der Waals surface area contributed by atoms with Crippen LogP contribution in [0, 0.1) is 0 Å². The first-order valence-electron chi connectivity index (χ1n) is 5.53. The number of amides is 1. The fourth-order valence-corrected chi connectivity index (χ4v) is 2.15. The molecule has 0 aromatic carbocycles. The third kappa shape index (κ3) is 4.51. The summed E-state index contributed by atoms with van der Waals surface area (Å²) in [5.74, 6) is 0.271. The van der Waals surface area contributed by atoms with Crippen LogP contribution in [0.4, 0.5) is 0 Å². The third-order valence-corrected chi connectivity index (χ3v) is 3.11. The van der Waals surface area contributed by atoms with Gasteiger partial charge in [-0.1, -0.05) is 15.9 Å². The first-order valence-corrected chi connectivity index (χ1v) is 6.65. The second kappa shape index (κ2) is 5.85. The highest BCUT2D eigenvalue weighted by Crippen LogP contribution is 2.17. The minimum Gasteiger partial charge on any atom is -0.372 e. The normalized spacial score (nSPS) is 20.3. The number of morpholine rings is 1. The van der Waals surface area contributed by atoms with E-state index in [1.54, 1.807) is 0 Å². The molecular formula is C11H20BrNO2. The van der Waals surface area contributed by atoms with Crippen molar-refractivity contribution in [3.63, 3.8) is 0 Å². The van der Waals surface area contributed by atoms with Crippen LogP contribution in [0.5, 0.6) is 0 Å². The largest absolute Gasteiger partial charge is 0.372 e. The molecule has 1 heterocycles. The fourth-order valence-electron chi connectivity index (χ4n) is 1.76. The van der Waals surface area contributed by atoms with E-state index >= 15 is 0 Å². The van der Waals surface area contributed by atoms with Gasteiger partial charge in [-0.05, 0) is 26.7 Å². The second-order valence-corrected chi connectivity index (χ2v) is 5.36. The molecule has 0 saturated carbocycles. The first-order chi connectivity index (χ1) is 7.05. The van der Waals surface area contributed by atoms with Crippen molar-refractivity contribution in [3.05, 3.63) is 0 Å². The van der Waals surface area contributed by atoms with Crippen LogP contribution in [0.1, 0.15) is 33.1 Å². The van der Waals surface area contributed by atoms with Gasteiger partial charge >= 0.3 is 0 Å². The fraction of sp³-hybridized carbons (Fsp3) is 0.909. The maximum atomic E-state index is 11.8. The van der Waals surface area contributed by atoms with Crippen molar-refractivity contribution in [2.45, 2.75) is 38.7 Å². The average molecular weight is 278 g/mol.